The number of nitrogens with zero attached hydrogens (tertiary/aromatic N) is 8. The van der Waals surface area contributed by atoms with Gasteiger partial charge in [-0.05, 0) is 64.4 Å². The molecule has 1 amide bonds. The number of carbonyl (C=O) groups is 2. The maximum atomic E-state index is 12.9. The van der Waals surface area contributed by atoms with Crippen LogP contribution in [0.1, 0.15) is 43.0 Å². The van der Waals surface area contributed by atoms with E-state index in [0.29, 0.717) is 44.8 Å². The number of benzene rings is 1. The van der Waals surface area contributed by atoms with Crippen LogP contribution < -0.4 is 14.5 Å². The number of aromatic nitrogens is 4. The number of nitrogens with one attached hydrogen (secondary N) is 1. The Balaban J connectivity index is 1.31. The first-order valence-corrected chi connectivity index (χ1v) is 15.3. The minimum Gasteiger partial charge on any atom is -0.462 e. The number of piperazine rings is 1. The second-order valence-corrected chi connectivity index (χ2v) is 12.0. The predicted octanol–water partition coefficient (Wildman–Crippen LogP) is 2.77. The molecule has 12 nitrogen and oxygen atoms in total. The van der Waals surface area contributed by atoms with Gasteiger partial charge >= 0.3 is 6.01 Å². The van der Waals surface area contributed by atoms with Crippen LogP contribution in [0.3, 0.4) is 0 Å². The number of amides is 1. The lowest BCUT2D eigenvalue weighted by Gasteiger charge is -2.42. The number of hydrogen-bond acceptors (Lipinski definition) is 10. The molecule has 12 heteroatoms. The van der Waals surface area contributed by atoms with E-state index in [1.165, 1.54) is 24.6 Å². The number of rotatable bonds is 8. The van der Waals surface area contributed by atoms with Crippen molar-refractivity contribution < 1.29 is 14.3 Å². The molecule has 5 heterocycles. The van der Waals surface area contributed by atoms with Crippen molar-refractivity contribution in [3.05, 3.63) is 47.3 Å². The molecule has 3 aliphatic heterocycles. The number of hydrogen-bond donors (Lipinski definition) is 1. The first-order valence-electron chi connectivity index (χ1n) is 15.3. The monoisotopic (exact) mass is 597 g/mol. The molecule has 44 heavy (non-hydrogen) atoms. The zero-order valence-corrected chi connectivity index (χ0v) is 25.6. The van der Waals surface area contributed by atoms with Crippen LogP contribution in [0.15, 0.2) is 30.5 Å². The number of H-pyrrole nitrogens is 1. The summed E-state index contributed by atoms with van der Waals surface area (Å²) in [5.74, 6) is 0.372. The van der Waals surface area contributed by atoms with Gasteiger partial charge < -0.3 is 24.3 Å². The highest BCUT2D eigenvalue weighted by atomic mass is 16.5. The van der Waals surface area contributed by atoms with Crippen LogP contribution in [-0.4, -0.2) is 100 Å². The summed E-state index contributed by atoms with van der Waals surface area (Å²) in [6, 6.07) is 6.77. The second-order valence-electron chi connectivity index (χ2n) is 12.0. The van der Waals surface area contributed by atoms with E-state index in [1.54, 1.807) is 4.90 Å². The molecule has 0 unspecified atom stereocenters. The van der Waals surface area contributed by atoms with Gasteiger partial charge in [0.2, 0.25) is 5.91 Å². The van der Waals surface area contributed by atoms with Gasteiger partial charge in [-0.1, -0.05) is 6.07 Å². The third kappa shape index (κ3) is 5.97. The van der Waals surface area contributed by atoms with Crippen molar-refractivity contribution in [2.24, 2.45) is 0 Å². The lowest BCUT2D eigenvalue weighted by molar-refractivity contribution is -0.128. The summed E-state index contributed by atoms with van der Waals surface area (Å²) in [5, 5.41) is 18.1. The van der Waals surface area contributed by atoms with E-state index in [9.17, 15) is 14.9 Å². The standard InChI is InChI=1S/C32H39N9O3/c1-21-6-8-27-26(17-34-37-27)30(21)39-14-11-25-28(19-39)35-32(44-20-24-5-4-13-38(24)3)36-31(25)40-15-16-41(23(18-40)10-12-33)29(43)9-7-22(2)42/h6-9,17,23-24H,4-5,10-11,13-16,18-20H2,1-3H3,(H,34,37)/b9-7+/t23-,24-/m0/s1. The topological polar surface area (TPSA) is 135 Å². The number of likely N-dealkylation sites (tertiary alicyclic amines) is 1. The maximum absolute atomic E-state index is 12.9. The molecule has 1 N–H and O–H groups in total. The van der Waals surface area contributed by atoms with Crippen LogP contribution in [-0.2, 0) is 22.6 Å². The molecular weight excluding hydrogens is 558 g/mol. The Labute approximate surface area is 257 Å². The van der Waals surface area contributed by atoms with Crippen molar-refractivity contribution in [2.75, 3.05) is 56.2 Å². The van der Waals surface area contributed by atoms with Crippen molar-refractivity contribution in [3.8, 4) is 12.1 Å². The van der Waals surface area contributed by atoms with Crippen LogP contribution in [0.5, 0.6) is 6.01 Å². The van der Waals surface area contributed by atoms with Crippen molar-refractivity contribution in [1.29, 1.82) is 5.26 Å². The maximum Gasteiger partial charge on any atom is 0.318 e. The van der Waals surface area contributed by atoms with Crippen molar-refractivity contribution in [2.45, 2.75) is 58.2 Å². The Morgan fingerprint density at radius 3 is 2.77 bits per heavy atom. The van der Waals surface area contributed by atoms with Crippen LogP contribution in [0, 0.1) is 18.3 Å². The van der Waals surface area contributed by atoms with Gasteiger partial charge in [0, 0.05) is 49.2 Å². The van der Waals surface area contributed by atoms with Crippen LogP contribution in [0.4, 0.5) is 11.5 Å². The average Bonchev–Trinajstić information content (AvgIpc) is 3.66. The molecule has 0 radical (unpaired) electrons. The van der Waals surface area contributed by atoms with Gasteiger partial charge in [0.15, 0.2) is 5.78 Å². The number of aromatic amines is 1. The summed E-state index contributed by atoms with van der Waals surface area (Å²) in [7, 11) is 2.12. The minimum absolute atomic E-state index is 0.183. The van der Waals surface area contributed by atoms with Gasteiger partial charge in [0.05, 0.1) is 48.2 Å². The highest BCUT2D eigenvalue weighted by molar-refractivity contribution is 5.97. The summed E-state index contributed by atoms with van der Waals surface area (Å²) in [6.07, 6.45) is 7.63. The molecule has 3 aliphatic rings. The summed E-state index contributed by atoms with van der Waals surface area (Å²) in [5.41, 5.74) is 5.33. The van der Waals surface area contributed by atoms with E-state index >= 15 is 0 Å². The van der Waals surface area contributed by atoms with Crippen molar-refractivity contribution >= 4 is 34.1 Å². The smallest absolute Gasteiger partial charge is 0.318 e. The fourth-order valence-corrected chi connectivity index (χ4v) is 6.70. The molecule has 230 valence electrons. The van der Waals surface area contributed by atoms with Gasteiger partial charge in [-0.15, -0.1) is 0 Å². The van der Waals surface area contributed by atoms with Crippen LogP contribution >= 0.6 is 0 Å². The zero-order valence-electron chi connectivity index (χ0n) is 25.6. The first-order chi connectivity index (χ1) is 21.3. The molecule has 0 aliphatic carbocycles. The number of ether oxygens (including phenoxy) is 1. The van der Waals surface area contributed by atoms with Crippen molar-refractivity contribution in [1.82, 2.24) is 30.0 Å². The number of anilines is 2. The molecular formula is C32H39N9O3. The molecule has 0 saturated carbocycles. The molecule has 0 spiro atoms. The quantitative estimate of drug-likeness (QED) is 0.386. The van der Waals surface area contributed by atoms with E-state index in [-0.39, 0.29) is 24.2 Å². The zero-order chi connectivity index (χ0) is 30.8. The Kier molecular flexibility index (Phi) is 8.48. The van der Waals surface area contributed by atoms with Gasteiger partial charge in [0.25, 0.3) is 0 Å². The van der Waals surface area contributed by atoms with Crippen molar-refractivity contribution in [3.63, 3.8) is 0 Å². The SMILES string of the molecule is CC(=O)/C=C/C(=O)N1CCN(c2nc(OC[C@@H]3CCCN3C)nc3c2CCN(c2c(C)ccc4[nH]ncc24)C3)C[C@@H]1CC#N. The Bertz CT molecular complexity index is 1630. The number of nitriles is 1. The van der Waals surface area contributed by atoms with E-state index in [4.69, 9.17) is 14.7 Å². The fourth-order valence-electron chi connectivity index (χ4n) is 6.70. The first kappa shape index (κ1) is 29.6. The highest BCUT2D eigenvalue weighted by Gasteiger charge is 2.34. The van der Waals surface area contributed by atoms with Crippen LogP contribution in [0.25, 0.3) is 10.9 Å². The van der Waals surface area contributed by atoms with Gasteiger partial charge in [-0.3, -0.25) is 14.7 Å². The van der Waals surface area contributed by atoms with Gasteiger partial charge in [0.1, 0.15) is 12.4 Å². The third-order valence-corrected chi connectivity index (χ3v) is 9.07. The Hall–Kier alpha value is -4.50. The number of allylic oxidation sites excluding steroid dienone is 1. The number of fused-ring (bicyclic) bond motifs is 2. The van der Waals surface area contributed by atoms with E-state index in [0.717, 1.165) is 66.0 Å². The molecule has 2 fully saturated rings. The normalized spacial score (nSPS) is 20.7. The van der Waals surface area contributed by atoms with Gasteiger partial charge in [-0.2, -0.15) is 20.3 Å². The van der Waals surface area contributed by atoms with E-state index < -0.39 is 0 Å². The van der Waals surface area contributed by atoms with Crippen LogP contribution in [0.2, 0.25) is 0 Å². The Morgan fingerprint density at radius 1 is 1.14 bits per heavy atom. The molecule has 6 rings (SSSR count). The largest absolute Gasteiger partial charge is 0.462 e. The number of aryl methyl sites for hydroxylation is 1. The molecule has 1 aromatic carbocycles. The minimum atomic E-state index is -0.332. The predicted molar refractivity (Wildman–Crippen MR) is 167 cm³/mol. The average molecular weight is 598 g/mol. The summed E-state index contributed by atoms with van der Waals surface area (Å²) in [4.78, 5) is 42.8. The highest BCUT2D eigenvalue weighted by Crippen LogP contribution is 2.36. The Morgan fingerprint density at radius 2 is 2.00 bits per heavy atom. The second kappa shape index (κ2) is 12.6. The molecule has 2 saturated heterocycles. The molecule has 2 aromatic heterocycles. The molecule has 0 bridgehead atoms. The number of carbonyl (C=O) groups excluding carboxylic acids is 2. The fraction of sp³-hybridized carbons (Fsp3) is 0.500. The number of ketones is 1. The lowest BCUT2D eigenvalue weighted by atomic mass is 10.0. The summed E-state index contributed by atoms with van der Waals surface area (Å²) >= 11 is 0. The lowest BCUT2D eigenvalue weighted by Crippen LogP contribution is -2.55. The van der Waals surface area contributed by atoms with E-state index in [2.05, 4.69) is 57.1 Å². The summed E-state index contributed by atoms with van der Waals surface area (Å²) in [6.45, 7) is 7.93. The molecule has 2 atom stereocenters. The molecule has 3 aromatic rings. The van der Waals surface area contributed by atoms with E-state index in [1.807, 2.05) is 6.20 Å². The summed E-state index contributed by atoms with van der Waals surface area (Å²) < 4.78 is 6.29. The third-order valence-electron chi connectivity index (χ3n) is 9.07. The van der Waals surface area contributed by atoms with Gasteiger partial charge in [-0.25, -0.2) is 0 Å². The number of likely N-dealkylation sites (N-methyl/N-ethyl adjacent to an activating group) is 1.